The molecule has 6 heteroatoms. The quantitative estimate of drug-likeness (QED) is 0.685. The van der Waals surface area contributed by atoms with Gasteiger partial charge in [-0.2, -0.15) is 4.98 Å². The first-order valence-electron chi connectivity index (χ1n) is 9.72. The van der Waals surface area contributed by atoms with Crippen LogP contribution < -0.4 is 10.2 Å². The molecule has 0 aliphatic carbocycles. The Balaban J connectivity index is 1.20. The maximum Gasteiger partial charge on any atom is 0.227 e. The molecule has 3 aromatic rings. The molecular formula is C22H24N4O2. The Kier molecular flexibility index (Phi) is 5.66. The zero-order chi connectivity index (χ0) is 19.2. The van der Waals surface area contributed by atoms with Crippen molar-refractivity contribution in [3.8, 4) is 11.4 Å². The molecule has 2 aromatic carbocycles. The van der Waals surface area contributed by atoms with Crippen molar-refractivity contribution in [2.45, 2.75) is 19.3 Å². The summed E-state index contributed by atoms with van der Waals surface area (Å²) in [7, 11) is 0. The zero-order valence-corrected chi connectivity index (χ0v) is 15.8. The highest BCUT2D eigenvalue weighted by Crippen LogP contribution is 2.23. The van der Waals surface area contributed by atoms with Crippen LogP contribution in [0, 0.1) is 5.92 Å². The number of rotatable bonds is 7. The van der Waals surface area contributed by atoms with Crippen molar-refractivity contribution in [1.29, 1.82) is 0 Å². The third kappa shape index (κ3) is 4.57. The van der Waals surface area contributed by atoms with Crippen molar-refractivity contribution in [3.05, 3.63) is 66.6 Å². The van der Waals surface area contributed by atoms with Gasteiger partial charge in [0, 0.05) is 43.7 Å². The van der Waals surface area contributed by atoms with Gasteiger partial charge in [0.2, 0.25) is 17.6 Å². The molecule has 0 spiro atoms. The van der Waals surface area contributed by atoms with E-state index in [1.807, 2.05) is 36.4 Å². The van der Waals surface area contributed by atoms with Gasteiger partial charge in [-0.15, -0.1) is 0 Å². The average molecular weight is 376 g/mol. The second-order valence-electron chi connectivity index (χ2n) is 7.12. The molecule has 1 aromatic heterocycles. The highest BCUT2D eigenvalue weighted by atomic mass is 16.5. The summed E-state index contributed by atoms with van der Waals surface area (Å²) in [6.45, 7) is 2.73. The first-order valence-corrected chi connectivity index (χ1v) is 9.72. The maximum atomic E-state index is 12.2. The molecule has 0 unspecified atom stereocenters. The minimum Gasteiger partial charge on any atom is -0.371 e. The largest absolute Gasteiger partial charge is 0.371 e. The number of anilines is 1. The molecule has 1 amide bonds. The molecule has 28 heavy (non-hydrogen) atoms. The van der Waals surface area contributed by atoms with Crippen LogP contribution in [0.2, 0.25) is 0 Å². The predicted molar refractivity (Wildman–Crippen MR) is 108 cm³/mol. The molecule has 0 saturated carbocycles. The number of carbonyl (C=O) groups is 1. The van der Waals surface area contributed by atoms with Crippen molar-refractivity contribution in [1.82, 2.24) is 15.5 Å². The number of hydrogen-bond donors (Lipinski definition) is 1. The SMILES string of the molecule is O=C(CCc1nc(-c2ccccc2)no1)NC[C@H]1CCN(c2ccccc2)C1. The van der Waals surface area contributed by atoms with Crippen LogP contribution in [-0.4, -0.2) is 35.7 Å². The molecule has 1 atom stereocenters. The van der Waals surface area contributed by atoms with Crippen LogP contribution >= 0.6 is 0 Å². The van der Waals surface area contributed by atoms with E-state index in [2.05, 4.69) is 44.6 Å². The first-order chi connectivity index (χ1) is 13.8. The summed E-state index contributed by atoms with van der Waals surface area (Å²) in [4.78, 5) is 18.9. The molecule has 1 saturated heterocycles. The topological polar surface area (TPSA) is 71.3 Å². The Labute approximate surface area is 164 Å². The molecule has 4 rings (SSSR count). The molecule has 0 bridgehead atoms. The van der Waals surface area contributed by atoms with Gasteiger partial charge in [0.25, 0.3) is 0 Å². The molecule has 1 aliphatic rings. The standard InChI is InChI=1S/C22H24N4O2/c27-20(11-12-21-24-22(25-28-21)18-7-3-1-4-8-18)23-15-17-13-14-26(16-17)19-9-5-2-6-10-19/h1-10,17H,11-16H2,(H,23,27)/t17-/m1/s1. The van der Waals surface area contributed by atoms with Crippen molar-refractivity contribution in [2.75, 3.05) is 24.5 Å². The van der Waals surface area contributed by atoms with Crippen LogP contribution in [0.1, 0.15) is 18.7 Å². The highest BCUT2D eigenvalue weighted by molar-refractivity contribution is 5.76. The highest BCUT2D eigenvalue weighted by Gasteiger charge is 2.23. The first kappa shape index (κ1) is 18.2. The molecule has 1 N–H and O–H groups in total. The lowest BCUT2D eigenvalue weighted by Crippen LogP contribution is -2.31. The lowest BCUT2D eigenvalue weighted by Gasteiger charge is -2.18. The van der Waals surface area contributed by atoms with E-state index in [4.69, 9.17) is 4.52 Å². The van der Waals surface area contributed by atoms with Gasteiger partial charge in [-0.25, -0.2) is 0 Å². The normalized spacial score (nSPS) is 16.3. The minimum absolute atomic E-state index is 0.0256. The molecule has 0 radical (unpaired) electrons. The second kappa shape index (κ2) is 8.69. The number of carbonyl (C=O) groups excluding carboxylic acids is 1. The number of nitrogens with one attached hydrogen (secondary N) is 1. The van der Waals surface area contributed by atoms with Crippen molar-refractivity contribution < 1.29 is 9.32 Å². The van der Waals surface area contributed by atoms with Crippen molar-refractivity contribution in [3.63, 3.8) is 0 Å². The van der Waals surface area contributed by atoms with Gasteiger partial charge < -0.3 is 14.7 Å². The number of nitrogens with zero attached hydrogens (tertiary/aromatic N) is 3. The minimum atomic E-state index is 0.0256. The second-order valence-corrected chi connectivity index (χ2v) is 7.12. The maximum absolute atomic E-state index is 12.2. The van der Waals surface area contributed by atoms with Crippen molar-refractivity contribution in [2.24, 2.45) is 5.92 Å². The van der Waals surface area contributed by atoms with E-state index in [0.29, 0.717) is 37.0 Å². The molecule has 1 fully saturated rings. The molecule has 1 aliphatic heterocycles. The van der Waals surface area contributed by atoms with Gasteiger partial charge in [-0.1, -0.05) is 53.7 Å². The lowest BCUT2D eigenvalue weighted by atomic mass is 10.1. The van der Waals surface area contributed by atoms with Crippen LogP contribution in [0.15, 0.2) is 65.2 Å². The number of aromatic nitrogens is 2. The monoisotopic (exact) mass is 376 g/mol. The van der Waals surface area contributed by atoms with Crippen molar-refractivity contribution >= 4 is 11.6 Å². The summed E-state index contributed by atoms with van der Waals surface area (Å²) in [6.07, 6.45) is 1.90. The van der Waals surface area contributed by atoms with Crippen LogP contribution in [0.25, 0.3) is 11.4 Å². The van der Waals surface area contributed by atoms with Crippen LogP contribution in [0.3, 0.4) is 0 Å². The predicted octanol–water partition coefficient (Wildman–Crippen LogP) is 3.31. The van der Waals surface area contributed by atoms with E-state index >= 15 is 0 Å². The van der Waals surface area contributed by atoms with Crippen LogP contribution in [-0.2, 0) is 11.2 Å². The zero-order valence-electron chi connectivity index (χ0n) is 15.8. The Bertz CT molecular complexity index is 895. The fourth-order valence-corrected chi connectivity index (χ4v) is 3.50. The van der Waals surface area contributed by atoms with Gasteiger partial charge in [0.1, 0.15) is 0 Å². The summed E-state index contributed by atoms with van der Waals surface area (Å²) in [6, 6.07) is 20.1. The smallest absolute Gasteiger partial charge is 0.227 e. The number of aryl methyl sites for hydroxylation is 1. The molecule has 144 valence electrons. The van der Waals surface area contributed by atoms with E-state index in [0.717, 1.165) is 25.1 Å². The molecule has 6 nitrogen and oxygen atoms in total. The summed E-state index contributed by atoms with van der Waals surface area (Å²) in [5, 5.41) is 7.04. The third-order valence-corrected chi connectivity index (χ3v) is 5.06. The Morgan fingerprint density at radius 1 is 1.11 bits per heavy atom. The van der Waals surface area contributed by atoms with E-state index in [1.165, 1.54) is 5.69 Å². The van der Waals surface area contributed by atoms with Gasteiger partial charge in [0.05, 0.1) is 0 Å². The number of para-hydroxylation sites is 1. The van der Waals surface area contributed by atoms with Gasteiger partial charge >= 0.3 is 0 Å². The third-order valence-electron chi connectivity index (χ3n) is 5.06. The Hall–Kier alpha value is -3.15. The molecular weight excluding hydrogens is 352 g/mol. The molecule has 2 heterocycles. The van der Waals surface area contributed by atoms with Gasteiger partial charge in [-0.3, -0.25) is 4.79 Å². The van der Waals surface area contributed by atoms with E-state index in [-0.39, 0.29) is 5.91 Å². The number of hydrogen-bond acceptors (Lipinski definition) is 5. The van der Waals surface area contributed by atoms with Crippen LogP contribution in [0.4, 0.5) is 5.69 Å². The fourth-order valence-electron chi connectivity index (χ4n) is 3.50. The lowest BCUT2D eigenvalue weighted by molar-refractivity contribution is -0.121. The van der Waals surface area contributed by atoms with Gasteiger partial charge in [0.15, 0.2) is 0 Å². The van der Waals surface area contributed by atoms with E-state index in [1.54, 1.807) is 0 Å². The summed E-state index contributed by atoms with van der Waals surface area (Å²) in [5.41, 5.74) is 2.16. The van der Waals surface area contributed by atoms with E-state index < -0.39 is 0 Å². The van der Waals surface area contributed by atoms with Crippen LogP contribution in [0.5, 0.6) is 0 Å². The summed E-state index contributed by atoms with van der Waals surface area (Å²) in [5.74, 6) is 1.56. The fraction of sp³-hybridized carbons (Fsp3) is 0.318. The van der Waals surface area contributed by atoms with Gasteiger partial charge in [-0.05, 0) is 24.5 Å². The number of benzene rings is 2. The Morgan fingerprint density at radius 3 is 2.64 bits per heavy atom. The Morgan fingerprint density at radius 2 is 1.86 bits per heavy atom. The summed E-state index contributed by atoms with van der Waals surface area (Å²) >= 11 is 0. The van der Waals surface area contributed by atoms with E-state index in [9.17, 15) is 4.79 Å². The average Bonchev–Trinajstić information content (AvgIpc) is 3.42. The number of amides is 1. The summed E-state index contributed by atoms with van der Waals surface area (Å²) < 4.78 is 5.26.